The zero-order chi connectivity index (χ0) is 11.0. The first kappa shape index (κ1) is 9.69. The van der Waals surface area contributed by atoms with E-state index in [-0.39, 0.29) is 4.88 Å². The molecule has 0 saturated carbocycles. The molecule has 3 nitrogen and oxygen atoms in total. The van der Waals surface area contributed by atoms with Gasteiger partial charge in [-0.05, 0) is 23.9 Å². The van der Waals surface area contributed by atoms with Gasteiger partial charge in [-0.3, -0.25) is 0 Å². The highest BCUT2D eigenvalue weighted by molar-refractivity contribution is 7.21. The fraction of sp³-hybridized carbons (Fsp3) is 0.0909. The van der Waals surface area contributed by atoms with Crippen molar-refractivity contribution >= 4 is 27.4 Å². The number of benzene rings is 1. The van der Waals surface area contributed by atoms with E-state index in [1.807, 2.05) is 19.1 Å². The molecule has 2 rings (SSSR count). The van der Waals surface area contributed by atoms with Crippen LogP contribution in [0.25, 0.3) is 10.1 Å². The van der Waals surface area contributed by atoms with Gasteiger partial charge in [-0.2, -0.15) is 5.26 Å². The Bertz CT molecular complexity index is 592. The molecule has 4 heteroatoms. The maximum absolute atomic E-state index is 10.8. The van der Waals surface area contributed by atoms with Crippen LogP contribution >= 0.6 is 11.3 Å². The van der Waals surface area contributed by atoms with Gasteiger partial charge in [0, 0.05) is 0 Å². The number of hydrogen-bond donors (Lipinski definition) is 1. The topological polar surface area (TPSA) is 61.1 Å². The Morgan fingerprint density at radius 2 is 2.27 bits per heavy atom. The van der Waals surface area contributed by atoms with Gasteiger partial charge >= 0.3 is 5.97 Å². The number of carboxylic acid groups (broad SMARTS) is 1. The van der Waals surface area contributed by atoms with E-state index >= 15 is 0 Å². The van der Waals surface area contributed by atoms with Crippen molar-refractivity contribution in [3.05, 3.63) is 34.2 Å². The van der Waals surface area contributed by atoms with Crippen LogP contribution in [-0.2, 0) is 0 Å². The fourth-order valence-electron chi connectivity index (χ4n) is 1.45. The average Bonchev–Trinajstić information content (AvgIpc) is 2.61. The standard InChI is InChI=1S/C11H7NO2S/c1-6-2-3-7-4-9(11(13)14)15-10(7)8(6)5-12/h2-4H,1H3,(H,13,14). The van der Waals surface area contributed by atoms with E-state index in [9.17, 15) is 4.79 Å². The van der Waals surface area contributed by atoms with Crippen LogP contribution in [0.2, 0.25) is 0 Å². The lowest BCUT2D eigenvalue weighted by molar-refractivity contribution is 0.0702. The van der Waals surface area contributed by atoms with E-state index in [1.165, 1.54) is 0 Å². The lowest BCUT2D eigenvalue weighted by Crippen LogP contribution is -1.89. The molecular formula is C11H7NO2S. The molecule has 0 aliphatic carbocycles. The molecule has 0 radical (unpaired) electrons. The Kier molecular flexibility index (Phi) is 2.18. The molecule has 0 bridgehead atoms. The third kappa shape index (κ3) is 1.47. The molecule has 0 amide bonds. The van der Waals surface area contributed by atoms with Gasteiger partial charge in [0.15, 0.2) is 0 Å². The maximum Gasteiger partial charge on any atom is 0.345 e. The summed E-state index contributed by atoms with van der Waals surface area (Å²) in [6.45, 7) is 1.85. The minimum absolute atomic E-state index is 0.270. The second-order valence-corrected chi connectivity index (χ2v) is 4.26. The van der Waals surface area contributed by atoms with Crippen molar-refractivity contribution in [2.45, 2.75) is 6.92 Å². The molecule has 1 N–H and O–H groups in total. The van der Waals surface area contributed by atoms with Crippen LogP contribution in [0.4, 0.5) is 0 Å². The van der Waals surface area contributed by atoms with Gasteiger partial charge in [-0.1, -0.05) is 12.1 Å². The minimum Gasteiger partial charge on any atom is -0.477 e. The molecular weight excluding hydrogens is 210 g/mol. The molecule has 2 aromatic rings. The van der Waals surface area contributed by atoms with Crippen molar-refractivity contribution in [2.75, 3.05) is 0 Å². The molecule has 0 unspecified atom stereocenters. The van der Waals surface area contributed by atoms with E-state index in [2.05, 4.69) is 6.07 Å². The number of aryl methyl sites for hydroxylation is 1. The molecule has 74 valence electrons. The van der Waals surface area contributed by atoms with Crippen molar-refractivity contribution in [2.24, 2.45) is 0 Å². The predicted molar refractivity (Wildman–Crippen MR) is 58.2 cm³/mol. The van der Waals surface area contributed by atoms with Gasteiger partial charge in [-0.15, -0.1) is 11.3 Å². The molecule has 15 heavy (non-hydrogen) atoms. The van der Waals surface area contributed by atoms with Gasteiger partial charge in [-0.25, -0.2) is 4.79 Å². The highest BCUT2D eigenvalue weighted by Gasteiger charge is 2.12. The van der Waals surface area contributed by atoms with Crippen LogP contribution in [0.5, 0.6) is 0 Å². The van der Waals surface area contributed by atoms with Crippen LogP contribution in [0.3, 0.4) is 0 Å². The summed E-state index contributed by atoms with van der Waals surface area (Å²) < 4.78 is 0.759. The summed E-state index contributed by atoms with van der Waals surface area (Å²) in [7, 11) is 0. The highest BCUT2D eigenvalue weighted by atomic mass is 32.1. The maximum atomic E-state index is 10.8. The van der Waals surface area contributed by atoms with Gasteiger partial charge in [0.2, 0.25) is 0 Å². The first-order valence-electron chi connectivity index (χ1n) is 4.30. The largest absolute Gasteiger partial charge is 0.477 e. The van der Waals surface area contributed by atoms with E-state index in [0.717, 1.165) is 27.0 Å². The lowest BCUT2D eigenvalue weighted by atomic mass is 10.1. The summed E-state index contributed by atoms with van der Waals surface area (Å²) in [4.78, 5) is 11.1. The van der Waals surface area contributed by atoms with E-state index in [1.54, 1.807) is 6.07 Å². The Labute approximate surface area is 90.2 Å². The normalized spacial score (nSPS) is 10.1. The van der Waals surface area contributed by atoms with Crippen LogP contribution < -0.4 is 0 Å². The third-order valence-corrected chi connectivity index (χ3v) is 3.37. The summed E-state index contributed by atoms with van der Waals surface area (Å²) >= 11 is 1.15. The van der Waals surface area contributed by atoms with Crippen LogP contribution in [0, 0.1) is 18.3 Å². The van der Waals surface area contributed by atoms with Crippen molar-refractivity contribution in [1.29, 1.82) is 5.26 Å². The third-order valence-electron chi connectivity index (χ3n) is 2.22. The van der Waals surface area contributed by atoms with Gasteiger partial charge in [0.25, 0.3) is 0 Å². The number of nitrogens with zero attached hydrogens (tertiary/aromatic N) is 1. The molecule has 0 saturated heterocycles. The Morgan fingerprint density at radius 3 is 2.87 bits per heavy atom. The average molecular weight is 217 g/mol. The van der Waals surface area contributed by atoms with Gasteiger partial charge in [0.1, 0.15) is 10.9 Å². The van der Waals surface area contributed by atoms with Crippen LogP contribution in [0.1, 0.15) is 20.8 Å². The number of aromatic carboxylic acids is 1. The number of thiophene rings is 1. The Morgan fingerprint density at radius 1 is 1.53 bits per heavy atom. The molecule has 0 spiro atoms. The quantitative estimate of drug-likeness (QED) is 0.798. The molecule has 1 heterocycles. The lowest BCUT2D eigenvalue weighted by Gasteiger charge is -1.96. The van der Waals surface area contributed by atoms with E-state index < -0.39 is 5.97 Å². The fourth-order valence-corrected chi connectivity index (χ4v) is 2.49. The number of fused-ring (bicyclic) bond motifs is 1. The highest BCUT2D eigenvalue weighted by Crippen LogP contribution is 2.30. The first-order chi connectivity index (χ1) is 7.13. The van der Waals surface area contributed by atoms with E-state index in [4.69, 9.17) is 10.4 Å². The number of rotatable bonds is 1. The SMILES string of the molecule is Cc1ccc2cc(C(=O)O)sc2c1C#N. The number of carboxylic acids is 1. The Balaban J connectivity index is 2.82. The van der Waals surface area contributed by atoms with E-state index in [0.29, 0.717) is 5.56 Å². The minimum atomic E-state index is -0.947. The van der Waals surface area contributed by atoms with Crippen molar-refractivity contribution < 1.29 is 9.90 Å². The zero-order valence-corrected chi connectivity index (χ0v) is 8.76. The first-order valence-corrected chi connectivity index (χ1v) is 5.11. The summed E-state index contributed by atoms with van der Waals surface area (Å²) in [5.74, 6) is -0.947. The second kappa shape index (κ2) is 3.37. The monoisotopic (exact) mass is 217 g/mol. The second-order valence-electron chi connectivity index (χ2n) is 3.20. The summed E-state index contributed by atoms with van der Waals surface area (Å²) in [5.41, 5.74) is 1.45. The Hall–Kier alpha value is -1.86. The molecule has 1 aromatic carbocycles. The van der Waals surface area contributed by atoms with Crippen LogP contribution in [0.15, 0.2) is 18.2 Å². The molecule has 0 atom stereocenters. The van der Waals surface area contributed by atoms with Gasteiger partial charge < -0.3 is 5.11 Å². The van der Waals surface area contributed by atoms with Crippen molar-refractivity contribution in [3.8, 4) is 6.07 Å². The zero-order valence-electron chi connectivity index (χ0n) is 7.94. The van der Waals surface area contributed by atoms with Crippen LogP contribution in [-0.4, -0.2) is 11.1 Å². The summed E-state index contributed by atoms with van der Waals surface area (Å²) in [5, 5.41) is 18.6. The van der Waals surface area contributed by atoms with Crippen molar-refractivity contribution in [1.82, 2.24) is 0 Å². The number of carbonyl (C=O) groups is 1. The number of nitriles is 1. The summed E-state index contributed by atoms with van der Waals surface area (Å²) in [6.07, 6.45) is 0. The summed E-state index contributed by atoms with van der Waals surface area (Å²) in [6, 6.07) is 7.38. The number of hydrogen-bond acceptors (Lipinski definition) is 3. The predicted octanol–water partition coefficient (Wildman–Crippen LogP) is 2.78. The molecule has 1 aromatic heterocycles. The molecule has 0 aliphatic heterocycles. The molecule has 0 aliphatic rings. The molecule has 0 fully saturated rings. The van der Waals surface area contributed by atoms with Gasteiger partial charge in [0.05, 0.1) is 10.3 Å². The smallest absolute Gasteiger partial charge is 0.345 e. The van der Waals surface area contributed by atoms with Crippen molar-refractivity contribution in [3.63, 3.8) is 0 Å².